The van der Waals surface area contributed by atoms with Gasteiger partial charge < -0.3 is 9.72 Å². The number of hydrogen-bond donors (Lipinski definition) is 1. The maximum atomic E-state index is 11.6. The highest BCUT2D eigenvalue weighted by Gasteiger charge is 2.12. The van der Waals surface area contributed by atoms with Crippen LogP contribution in [0.4, 0.5) is 0 Å². The van der Waals surface area contributed by atoms with E-state index in [1.165, 1.54) is 13.4 Å². The third-order valence-electron chi connectivity index (χ3n) is 3.07. The normalized spacial score (nSPS) is 10.7. The molecule has 0 saturated heterocycles. The standard InChI is InChI=1S/C14H12N4O2/c1-8-5-9(3-4-10(8)14(19)20-2)12-17-11-6-15-7-16-13(11)18-12/h3-7H,1-2H3,(H,15,16,17,18). The predicted molar refractivity (Wildman–Crippen MR) is 73.2 cm³/mol. The van der Waals surface area contributed by atoms with E-state index < -0.39 is 0 Å². The fraction of sp³-hybridized carbons (Fsp3) is 0.143. The summed E-state index contributed by atoms with van der Waals surface area (Å²) in [5.41, 5.74) is 3.66. The molecular formula is C14H12N4O2. The van der Waals surface area contributed by atoms with Crippen LogP contribution < -0.4 is 0 Å². The second-order valence-corrected chi connectivity index (χ2v) is 4.37. The van der Waals surface area contributed by atoms with Crippen LogP contribution in [-0.4, -0.2) is 33.0 Å². The van der Waals surface area contributed by atoms with Crippen molar-refractivity contribution in [2.75, 3.05) is 7.11 Å². The lowest BCUT2D eigenvalue weighted by atomic mass is 10.0. The summed E-state index contributed by atoms with van der Waals surface area (Å²) in [5.74, 6) is 0.351. The molecule has 0 radical (unpaired) electrons. The van der Waals surface area contributed by atoms with Crippen LogP contribution in [-0.2, 0) is 4.74 Å². The second-order valence-electron chi connectivity index (χ2n) is 4.37. The van der Waals surface area contributed by atoms with E-state index in [1.54, 1.807) is 12.3 Å². The Kier molecular flexibility index (Phi) is 2.90. The topological polar surface area (TPSA) is 80.8 Å². The number of ether oxygens (including phenoxy) is 1. The van der Waals surface area contributed by atoms with Crippen molar-refractivity contribution in [3.63, 3.8) is 0 Å². The molecule has 3 rings (SSSR count). The summed E-state index contributed by atoms with van der Waals surface area (Å²) in [7, 11) is 1.37. The van der Waals surface area contributed by atoms with E-state index in [9.17, 15) is 4.79 Å². The van der Waals surface area contributed by atoms with Crippen molar-refractivity contribution in [2.45, 2.75) is 6.92 Å². The molecule has 0 spiro atoms. The second kappa shape index (κ2) is 4.73. The Morgan fingerprint density at radius 3 is 2.90 bits per heavy atom. The Labute approximate surface area is 114 Å². The lowest BCUT2D eigenvalue weighted by molar-refractivity contribution is 0.0600. The molecule has 0 unspecified atom stereocenters. The minimum absolute atomic E-state index is 0.343. The fourth-order valence-electron chi connectivity index (χ4n) is 2.05. The lowest BCUT2D eigenvalue weighted by Gasteiger charge is -2.05. The first kappa shape index (κ1) is 12.3. The largest absolute Gasteiger partial charge is 0.465 e. The quantitative estimate of drug-likeness (QED) is 0.720. The average Bonchev–Trinajstić information content (AvgIpc) is 2.90. The molecular weight excluding hydrogens is 256 g/mol. The molecule has 2 heterocycles. The predicted octanol–water partition coefficient (Wildman–Crippen LogP) is 2.11. The molecule has 0 aliphatic rings. The molecule has 6 nitrogen and oxygen atoms in total. The monoisotopic (exact) mass is 268 g/mol. The van der Waals surface area contributed by atoms with Crippen LogP contribution in [0, 0.1) is 6.92 Å². The van der Waals surface area contributed by atoms with Gasteiger partial charge in [-0.1, -0.05) is 6.07 Å². The number of carbonyl (C=O) groups is 1. The number of hydrogen-bond acceptors (Lipinski definition) is 5. The molecule has 0 saturated carbocycles. The van der Waals surface area contributed by atoms with Crippen molar-refractivity contribution in [1.82, 2.24) is 19.9 Å². The number of aromatic amines is 1. The molecule has 1 aromatic carbocycles. The first-order valence-corrected chi connectivity index (χ1v) is 6.04. The van der Waals surface area contributed by atoms with E-state index in [0.717, 1.165) is 16.6 Å². The number of methoxy groups -OCH3 is 1. The minimum Gasteiger partial charge on any atom is -0.465 e. The molecule has 20 heavy (non-hydrogen) atoms. The Hall–Kier alpha value is -2.76. The highest BCUT2D eigenvalue weighted by Crippen LogP contribution is 2.22. The van der Waals surface area contributed by atoms with E-state index in [2.05, 4.69) is 19.9 Å². The van der Waals surface area contributed by atoms with Gasteiger partial charge in [0, 0.05) is 5.56 Å². The number of nitrogens with one attached hydrogen (secondary N) is 1. The van der Waals surface area contributed by atoms with Gasteiger partial charge in [0.15, 0.2) is 5.65 Å². The van der Waals surface area contributed by atoms with Gasteiger partial charge in [0.25, 0.3) is 0 Å². The highest BCUT2D eigenvalue weighted by atomic mass is 16.5. The summed E-state index contributed by atoms with van der Waals surface area (Å²) in [6.45, 7) is 1.86. The SMILES string of the molecule is COC(=O)c1ccc(-c2nc3ncncc3[nH]2)cc1C. The summed E-state index contributed by atoms with van der Waals surface area (Å²) in [5, 5.41) is 0. The van der Waals surface area contributed by atoms with Gasteiger partial charge in [0.1, 0.15) is 17.7 Å². The number of H-pyrrole nitrogens is 1. The molecule has 0 bridgehead atoms. The third kappa shape index (κ3) is 2.01. The summed E-state index contributed by atoms with van der Waals surface area (Å²) < 4.78 is 4.73. The van der Waals surface area contributed by atoms with Crippen LogP contribution in [0.3, 0.4) is 0 Å². The van der Waals surface area contributed by atoms with Gasteiger partial charge in [-0.05, 0) is 24.6 Å². The Morgan fingerprint density at radius 2 is 2.20 bits per heavy atom. The molecule has 1 N–H and O–H groups in total. The number of fused-ring (bicyclic) bond motifs is 1. The van der Waals surface area contributed by atoms with Gasteiger partial charge in [-0.15, -0.1) is 0 Å². The number of aryl methyl sites for hydroxylation is 1. The highest BCUT2D eigenvalue weighted by molar-refractivity contribution is 5.91. The van der Waals surface area contributed by atoms with Crippen molar-refractivity contribution in [3.8, 4) is 11.4 Å². The summed E-state index contributed by atoms with van der Waals surface area (Å²) >= 11 is 0. The number of nitrogens with zero attached hydrogens (tertiary/aromatic N) is 3. The molecule has 0 aliphatic heterocycles. The van der Waals surface area contributed by atoms with Crippen molar-refractivity contribution in [2.24, 2.45) is 0 Å². The lowest BCUT2D eigenvalue weighted by Crippen LogP contribution is -2.03. The molecule has 0 fully saturated rings. The van der Waals surface area contributed by atoms with Gasteiger partial charge >= 0.3 is 5.97 Å². The average molecular weight is 268 g/mol. The smallest absolute Gasteiger partial charge is 0.338 e. The van der Waals surface area contributed by atoms with Crippen molar-refractivity contribution in [1.29, 1.82) is 0 Å². The molecule has 0 aliphatic carbocycles. The summed E-state index contributed by atoms with van der Waals surface area (Å²) in [6.07, 6.45) is 3.13. The van der Waals surface area contributed by atoms with Crippen LogP contribution in [0.2, 0.25) is 0 Å². The van der Waals surface area contributed by atoms with Crippen molar-refractivity contribution >= 4 is 17.1 Å². The van der Waals surface area contributed by atoms with Crippen LogP contribution >= 0.6 is 0 Å². The zero-order chi connectivity index (χ0) is 14.1. The fourth-order valence-corrected chi connectivity index (χ4v) is 2.05. The number of imidazole rings is 1. The van der Waals surface area contributed by atoms with Gasteiger partial charge in [-0.3, -0.25) is 0 Å². The number of aromatic nitrogens is 4. The zero-order valence-corrected chi connectivity index (χ0v) is 11.0. The first-order valence-electron chi connectivity index (χ1n) is 6.04. The Balaban J connectivity index is 2.06. The minimum atomic E-state index is -0.343. The van der Waals surface area contributed by atoms with Gasteiger partial charge in [-0.2, -0.15) is 0 Å². The van der Waals surface area contributed by atoms with E-state index >= 15 is 0 Å². The summed E-state index contributed by atoms with van der Waals surface area (Å²) in [4.78, 5) is 27.1. The van der Waals surface area contributed by atoms with Gasteiger partial charge in [0.05, 0.1) is 18.9 Å². The zero-order valence-electron chi connectivity index (χ0n) is 11.0. The third-order valence-corrected chi connectivity index (χ3v) is 3.07. The number of esters is 1. The molecule has 2 aromatic heterocycles. The van der Waals surface area contributed by atoms with Crippen LogP contribution in [0.1, 0.15) is 15.9 Å². The molecule has 0 amide bonds. The molecule has 100 valence electrons. The number of benzene rings is 1. The Morgan fingerprint density at radius 1 is 1.35 bits per heavy atom. The van der Waals surface area contributed by atoms with Crippen LogP contribution in [0.5, 0.6) is 0 Å². The van der Waals surface area contributed by atoms with E-state index in [1.807, 2.05) is 19.1 Å². The van der Waals surface area contributed by atoms with E-state index in [-0.39, 0.29) is 5.97 Å². The van der Waals surface area contributed by atoms with E-state index in [0.29, 0.717) is 17.0 Å². The van der Waals surface area contributed by atoms with Gasteiger partial charge in [-0.25, -0.2) is 19.7 Å². The molecule has 6 heteroatoms. The Bertz CT molecular complexity index is 762. The number of rotatable bonds is 2. The van der Waals surface area contributed by atoms with Crippen LogP contribution in [0.15, 0.2) is 30.7 Å². The van der Waals surface area contributed by atoms with Gasteiger partial charge in [0.2, 0.25) is 0 Å². The van der Waals surface area contributed by atoms with Crippen molar-refractivity contribution < 1.29 is 9.53 Å². The maximum Gasteiger partial charge on any atom is 0.338 e. The molecule has 0 atom stereocenters. The number of carbonyl (C=O) groups excluding carboxylic acids is 1. The first-order chi connectivity index (χ1) is 9.69. The van der Waals surface area contributed by atoms with E-state index in [4.69, 9.17) is 4.74 Å². The summed E-state index contributed by atoms with van der Waals surface area (Å²) in [6, 6.07) is 5.44. The maximum absolute atomic E-state index is 11.6. The van der Waals surface area contributed by atoms with Crippen molar-refractivity contribution in [3.05, 3.63) is 41.9 Å². The van der Waals surface area contributed by atoms with Crippen LogP contribution in [0.25, 0.3) is 22.6 Å². The molecule has 3 aromatic rings.